The Morgan fingerprint density at radius 1 is 1.09 bits per heavy atom. The molecular weight excluding hydrogens is 296 g/mol. The first-order chi connectivity index (χ1) is 11.4. The van der Waals surface area contributed by atoms with Gasteiger partial charge >= 0.3 is 0 Å². The van der Waals surface area contributed by atoms with Crippen molar-refractivity contribution in [2.45, 2.75) is 0 Å². The third-order valence-corrected chi connectivity index (χ3v) is 3.20. The topological polar surface area (TPSA) is 86.5 Å². The second-order valence-corrected chi connectivity index (χ2v) is 4.74. The van der Waals surface area contributed by atoms with Gasteiger partial charge in [-0.2, -0.15) is 5.10 Å². The SMILES string of the molecule is C(=Nn1nnnc1Nc1ccccc1)c1ccc2c(c1)OCO2. The molecule has 0 amide bonds. The van der Waals surface area contributed by atoms with Gasteiger partial charge in [-0.3, -0.25) is 0 Å². The first-order valence-electron chi connectivity index (χ1n) is 6.93. The molecule has 1 N–H and O–H groups in total. The van der Waals surface area contributed by atoms with Crippen LogP contribution in [0.25, 0.3) is 0 Å². The Balaban J connectivity index is 1.54. The summed E-state index contributed by atoms with van der Waals surface area (Å²) in [6.07, 6.45) is 1.65. The van der Waals surface area contributed by atoms with Crippen molar-refractivity contribution in [3.63, 3.8) is 0 Å². The lowest BCUT2D eigenvalue weighted by atomic mass is 10.2. The number of aromatic nitrogens is 4. The fraction of sp³-hybridized carbons (Fsp3) is 0.0667. The number of nitrogens with one attached hydrogen (secondary N) is 1. The van der Waals surface area contributed by atoms with Gasteiger partial charge in [0.1, 0.15) is 0 Å². The molecule has 1 aromatic heterocycles. The Morgan fingerprint density at radius 2 is 1.96 bits per heavy atom. The fourth-order valence-electron chi connectivity index (χ4n) is 2.10. The zero-order valence-electron chi connectivity index (χ0n) is 12.0. The molecule has 0 radical (unpaired) electrons. The largest absolute Gasteiger partial charge is 0.454 e. The van der Waals surface area contributed by atoms with E-state index in [2.05, 4.69) is 25.9 Å². The van der Waals surface area contributed by atoms with Crippen molar-refractivity contribution < 1.29 is 9.47 Å². The number of nitrogens with zero attached hydrogens (tertiary/aromatic N) is 5. The Labute approximate surface area is 131 Å². The summed E-state index contributed by atoms with van der Waals surface area (Å²) in [6.45, 7) is 0.244. The zero-order chi connectivity index (χ0) is 15.5. The van der Waals surface area contributed by atoms with Crippen LogP contribution in [0.2, 0.25) is 0 Å². The van der Waals surface area contributed by atoms with Crippen LogP contribution < -0.4 is 14.8 Å². The van der Waals surface area contributed by atoms with E-state index in [1.165, 1.54) is 4.79 Å². The number of hydrogen-bond acceptors (Lipinski definition) is 7. The van der Waals surface area contributed by atoms with Crippen LogP contribution in [0.4, 0.5) is 11.6 Å². The Bertz CT molecular complexity index is 846. The van der Waals surface area contributed by atoms with E-state index in [1.807, 2.05) is 48.5 Å². The van der Waals surface area contributed by atoms with E-state index in [1.54, 1.807) is 6.21 Å². The quantitative estimate of drug-likeness (QED) is 0.742. The minimum absolute atomic E-state index is 0.244. The lowest BCUT2D eigenvalue weighted by molar-refractivity contribution is 0.174. The van der Waals surface area contributed by atoms with Crippen LogP contribution in [-0.4, -0.2) is 33.3 Å². The lowest BCUT2D eigenvalue weighted by Crippen LogP contribution is -2.01. The Hall–Kier alpha value is -3.42. The minimum Gasteiger partial charge on any atom is -0.454 e. The van der Waals surface area contributed by atoms with Gasteiger partial charge in [0.25, 0.3) is 5.95 Å². The van der Waals surface area contributed by atoms with Crippen LogP contribution in [0.5, 0.6) is 11.5 Å². The third-order valence-electron chi connectivity index (χ3n) is 3.20. The second kappa shape index (κ2) is 5.76. The number of hydrogen-bond donors (Lipinski definition) is 1. The summed E-state index contributed by atoms with van der Waals surface area (Å²) in [7, 11) is 0. The van der Waals surface area contributed by atoms with Crippen LogP contribution in [-0.2, 0) is 0 Å². The fourth-order valence-corrected chi connectivity index (χ4v) is 2.10. The van der Waals surface area contributed by atoms with Gasteiger partial charge in [-0.15, -0.1) is 0 Å². The second-order valence-electron chi connectivity index (χ2n) is 4.74. The van der Waals surface area contributed by atoms with Crippen molar-refractivity contribution in [1.29, 1.82) is 0 Å². The predicted octanol–water partition coefficient (Wildman–Crippen LogP) is 2.03. The maximum absolute atomic E-state index is 5.34. The van der Waals surface area contributed by atoms with E-state index in [0.29, 0.717) is 11.7 Å². The molecule has 4 rings (SSSR count). The molecule has 0 atom stereocenters. The number of tetrazole rings is 1. The van der Waals surface area contributed by atoms with Gasteiger partial charge in [0, 0.05) is 5.69 Å². The molecule has 0 unspecified atom stereocenters. The van der Waals surface area contributed by atoms with Crippen LogP contribution in [0.1, 0.15) is 5.56 Å². The van der Waals surface area contributed by atoms with Crippen molar-refractivity contribution in [2.24, 2.45) is 5.10 Å². The number of benzene rings is 2. The van der Waals surface area contributed by atoms with Gasteiger partial charge in [0.2, 0.25) is 6.79 Å². The van der Waals surface area contributed by atoms with Gasteiger partial charge in [-0.05, 0) is 46.3 Å². The highest BCUT2D eigenvalue weighted by molar-refractivity contribution is 5.81. The molecule has 2 heterocycles. The van der Waals surface area contributed by atoms with Crippen LogP contribution in [0.15, 0.2) is 53.6 Å². The monoisotopic (exact) mass is 308 g/mol. The third kappa shape index (κ3) is 2.82. The summed E-state index contributed by atoms with van der Waals surface area (Å²) in [5.74, 6) is 1.86. The summed E-state index contributed by atoms with van der Waals surface area (Å²) in [5.41, 5.74) is 1.73. The molecule has 23 heavy (non-hydrogen) atoms. The first-order valence-corrected chi connectivity index (χ1v) is 6.93. The lowest BCUT2D eigenvalue weighted by Gasteiger charge is -2.02. The van der Waals surface area contributed by atoms with Crippen molar-refractivity contribution in [1.82, 2.24) is 20.3 Å². The smallest absolute Gasteiger partial charge is 0.269 e. The summed E-state index contributed by atoms with van der Waals surface area (Å²) in [4.78, 5) is 1.32. The van der Waals surface area contributed by atoms with Gasteiger partial charge in [0.15, 0.2) is 11.5 Å². The molecule has 2 aromatic carbocycles. The molecule has 3 aromatic rings. The minimum atomic E-state index is 0.244. The molecule has 0 aliphatic carbocycles. The molecular formula is C15H12N6O2. The van der Waals surface area contributed by atoms with Gasteiger partial charge in [0.05, 0.1) is 6.21 Å². The van der Waals surface area contributed by atoms with Crippen molar-refractivity contribution >= 4 is 17.9 Å². The van der Waals surface area contributed by atoms with Crippen LogP contribution in [0, 0.1) is 0 Å². The first kappa shape index (κ1) is 13.3. The van der Waals surface area contributed by atoms with E-state index < -0.39 is 0 Å². The van der Waals surface area contributed by atoms with Gasteiger partial charge in [-0.1, -0.05) is 28.1 Å². The van der Waals surface area contributed by atoms with Crippen molar-refractivity contribution in [3.8, 4) is 11.5 Å². The highest BCUT2D eigenvalue weighted by Gasteiger charge is 2.12. The molecule has 0 spiro atoms. The van der Waals surface area contributed by atoms with E-state index in [4.69, 9.17) is 9.47 Å². The summed E-state index contributed by atoms with van der Waals surface area (Å²) >= 11 is 0. The molecule has 1 aliphatic heterocycles. The molecule has 0 saturated heterocycles. The summed E-state index contributed by atoms with van der Waals surface area (Å²) in [6, 6.07) is 15.2. The van der Waals surface area contributed by atoms with E-state index in [9.17, 15) is 0 Å². The number of fused-ring (bicyclic) bond motifs is 1. The predicted molar refractivity (Wildman–Crippen MR) is 83.1 cm³/mol. The molecule has 8 nitrogen and oxygen atoms in total. The maximum Gasteiger partial charge on any atom is 0.269 e. The van der Waals surface area contributed by atoms with E-state index in [0.717, 1.165) is 17.0 Å². The molecule has 0 fully saturated rings. The van der Waals surface area contributed by atoms with Crippen LogP contribution >= 0.6 is 0 Å². The Kier molecular flexibility index (Phi) is 3.32. The number of rotatable bonds is 4. The molecule has 1 aliphatic rings. The van der Waals surface area contributed by atoms with E-state index in [-0.39, 0.29) is 6.79 Å². The van der Waals surface area contributed by atoms with Crippen molar-refractivity contribution in [3.05, 3.63) is 54.1 Å². The molecule has 0 saturated carbocycles. The normalized spacial score (nSPS) is 12.7. The average molecular weight is 308 g/mol. The number of para-hydroxylation sites is 1. The highest BCUT2D eigenvalue weighted by atomic mass is 16.7. The zero-order valence-corrected chi connectivity index (χ0v) is 12.0. The standard InChI is InChI=1S/C15H12N6O2/c1-2-4-12(5-3-1)17-15-18-19-20-21(15)16-9-11-6-7-13-14(8-11)23-10-22-13/h1-9H,10H2,(H,17,18,20). The molecule has 8 heteroatoms. The number of ether oxygens (including phenoxy) is 2. The molecule has 0 bridgehead atoms. The highest BCUT2D eigenvalue weighted by Crippen LogP contribution is 2.32. The number of anilines is 2. The summed E-state index contributed by atoms with van der Waals surface area (Å²) < 4.78 is 10.6. The summed E-state index contributed by atoms with van der Waals surface area (Å²) in [5, 5.41) is 18.7. The van der Waals surface area contributed by atoms with Crippen LogP contribution in [0.3, 0.4) is 0 Å². The van der Waals surface area contributed by atoms with Gasteiger partial charge in [-0.25, -0.2) is 0 Å². The Morgan fingerprint density at radius 3 is 2.87 bits per heavy atom. The average Bonchev–Trinajstić information content (AvgIpc) is 3.22. The van der Waals surface area contributed by atoms with Gasteiger partial charge < -0.3 is 14.8 Å². The van der Waals surface area contributed by atoms with E-state index >= 15 is 0 Å². The van der Waals surface area contributed by atoms with Crippen molar-refractivity contribution in [2.75, 3.05) is 12.1 Å². The molecule has 114 valence electrons. The maximum atomic E-state index is 5.34.